The van der Waals surface area contributed by atoms with Crippen molar-refractivity contribution >= 4 is 29.9 Å². The Kier molecular flexibility index (Phi) is 7.57. The molecule has 0 aliphatic carbocycles. The van der Waals surface area contributed by atoms with Crippen molar-refractivity contribution < 1.29 is 23.8 Å². The second-order valence-electron chi connectivity index (χ2n) is 6.58. The van der Waals surface area contributed by atoms with Crippen molar-refractivity contribution in [3.8, 4) is 17.1 Å². The van der Waals surface area contributed by atoms with Crippen LogP contribution in [0, 0.1) is 5.92 Å². The first-order valence-corrected chi connectivity index (χ1v) is 9.06. The topological polar surface area (TPSA) is 92.5 Å². The van der Waals surface area contributed by atoms with E-state index in [1.54, 1.807) is 18.2 Å². The number of hydrogen-bond donors (Lipinski definition) is 0. The number of halogens is 1. The maximum absolute atomic E-state index is 11.6. The first kappa shape index (κ1) is 21.4. The van der Waals surface area contributed by atoms with E-state index >= 15 is 0 Å². The van der Waals surface area contributed by atoms with E-state index in [-0.39, 0.29) is 18.6 Å². The standard InChI is InChI=1S/C19H22ClN3O5/c1-12(2)10-26-19(25)28-17(24)5-6-23-11-21-18(22-23)14-7-15(20)9-16(8-14)27-13(3)4/h5-9,11-13H,10H2,1-4H3. The Balaban J connectivity index is 2.02. The molecule has 9 heteroatoms. The normalized spacial score (nSPS) is 11.2. The van der Waals surface area contributed by atoms with Gasteiger partial charge in [-0.25, -0.2) is 19.3 Å². The van der Waals surface area contributed by atoms with Gasteiger partial charge in [0, 0.05) is 22.9 Å². The molecule has 8 nitrogen and oxygen atoms in total. The van der Waals surface area contributed by atoms with Gasteiger partial charge in [0.2, 0.25) is 0 Å². The van der Waals surface area contributed by atoms with Crippen LogP contribution in [0.25, 0.3) is 17.6 Å². The Hall–Kier alpha value is -2.87. The summed E-state index contributed by atoms with van der Waals surface area (Å²) >= 11 is 6.13. The maximum Gasteiger partial charge on any atom is 0.516 e. The van der Waals surface area contributed by atoms with Gasteiger partial charge in [-0.15, -0.1) is 5.10 Å². The predicted molar refractivity (Wildman–Crippen MR) is 104 cm³/mol. The maximum atomic E-state index is 11.6. The molecule has 0 amide bonds. The summed E-state index contributed by atoms with van der Waals surface area (Å²) in [6.07, 6.45) is 2.71. The summed E-state index contributed by atoms with van der Waals surface area (Å²) in [5, 5.41) is 4.72. The van der Waals surface area contributed by atoms with Crippen LogP contribution in [0.2, 0.25) is 5.02 Å². The van der Waals surface area contributed by atoms with E-state index in [9.17, 15) is 9.59 Å². The SMILES string of the molecule is CC(C)COC(=O)OC(=O)C=Cn1cnc(-c2cc(Cl)cc(OC(C)C)c2)n1. The number of carbonyl (C=O) groups is 2. The van der Waals surface area contributed by atoms with Gasteiger partial charge in [-0.05, 0) is 38.0 Å². The molecule has 1 heterocycles. The van der Waals surface area contributed by atoms with Gasteiger partial charge in [0.25, 0.3) is 0 Å². The van der Waals surface area contributed by atoms with Crippen LogP contribution in [0.3, 0.4) is 0 Å². The van der Waals surface area contributed by atoms with Gasteiger partial charge in [0.05, 0.1) is 12.7 Å². The number of benzene rings is 1. The predicted octanol–water partition coefficient (Wildman–Crippen LogP) is 4.19. The highest BCUT2D eigenvalue weighted by atomic mass is 35.5. The van der Waals surface area contributed by atoms with Crippen molar-refractivity contribution in [1.82, 2.24) is 14.8 Å². The highest BCUT2D eigenvalue weighted by Crippen LogP contribution is 2.27. The molecule has 0 fully saturated rings. The molecule has 0 saturated carbocycles. The molecular weight excluding hydrogens is 386 g/mol. The van der Waals surface area contributed by atoms with E-state index in [0.29, 0.717) is 22.2 Å². The van der Waals surface area contributed by atoms with E-state index < -0.39 is 12.1 Å². The summed E-state index contributed by atoms with van der Waals surface area (Å²) in [6.45, 7) is 7.74. The second-order valence-corrected chi connectivity index (χ2v) is 7.02. The lowest BCUT2D eigenvalue weighted by molar-refractivity contribution is -0.134. The molecule has 150 valence electrons. The Labute approximate surface area is 168 Å². The van der Waals surface area contributed by atoms with Crippen molar-refractivity contribution in [2.75, 3.05) is 6.61 Å². The molecule has 1 aromatic carbocycles. The summed E-state index contributed by atoms with van der Waals surface area (Å²) in [4.78, 5) is 27.2. The lowest BCUT2D eigenvalue weighted by Gasteiger charge is -2.10. The van der Waals surface area contributed by atoms with E-state index in [2.05, 4.69) is 14.8 Å². The molecule has 0 atom stereocenters. The monoisotopic (exact) mass is 407 g/mol. The molecule has 0 unspecified atom stereocenters. The zero-order chi connectivity index (χ0) is 20.7. The number of aromatic nitrogens is 3. The Morgan fingerprint density at radius 3 is 2.64 bits per heavy atom. The van der Waals surface area contributed by atoms with E-state index in [4.69, 9.17) is 21.1 Å². The molecule has 0 spiro atoms. The summed E-state index contributed by atoms with van der Waals surface area (Å²) in [7, 11) is 0. The molecule has 2 aromatic rings. The summed E-state index contributed by atoms with van der Waals surface area (Å²) in [5.74, 6) is 0.268. The number of rotatable bonds is 7. The van der Waals surface area contributed by atoms with Crippen molar-refractivity contribution in [1.29, 1.82) is 0 Å². The molecule has 0 radical (unpaired) electrons. The Morgan fingerprint density at radius 2 is 1.96 bits per heavy atom. The van der Waals surface area contributed by atoms with Gasteiger partial charge in [0.1, 0.15) is 12.1 Å². The highest BCUT2D eigenvalue weighted by molar-refractivity contribution is 6.31. The van der Waals surface area contributed by atoms with Gasteiger partial charge in [-0.1, -0.05) is 25.4 Å². The quantitative estimate of drug-likeness (QED) is 0.386. The Bertz CT molecular complexity index is 861. The van der Waals surface area contributed by atoms with E-state index in [0.717, 1.165) is 6.08 Å². The third-order valence-corrected chi connectivity index (χ3v) is 3.31. The van der Waals surface area contributed by atoms with Crippen molar-refractivity contribution in [2.24, 2.45) is 5.92 Å². The highest BCUT2D eigenvalue weighted by Gasteiger charge is 2.11. The molecule has 0 saturated heterocycles. The van der Waals surface area contributed by atoms with Crippen LogP contribution in [-0.4, -0.2) is 39.6 Å². The molecule has 2 rings (SSSR count). The number of nitrogens with zero attached hydrogens (tertiary/aromatic N) is 3. The van der Waals surface area contributed by atoms with Crippen LogP contribution in [0.1, 0.15) is 27.7 Å². The minimum atomic E-state index is -1.04. The van der Waals surface area contributed by atoms with E-state index in [1.807, 2.05) is 27.7 Å². The number of esters is 1. The van der Waals surface area contributed by atoms with Crippen LogP contribution in [0.15, 0.2) is 30.6 Å². The van der Waals surface area contributed by atoms with Gasteiger partial charge >= 0.3 is 12.1 Å². The Morgan fingerprint density at radius 1 is 1.21 bits per heavy atom. The second kappa shape index (κ2) is 9.89. The lowest BCUT2D eigenvalue weighted by Crippen LogP contribution is -2.14. The third-order valence-electron chi connectivity index (χ3n) is 3.09. The van der Waals surface area contributed by atoms with Crippen LogP contribution >= 0.6 is 11.6 Å². The van der Waals surface area contributed by atoms with Crippen LogP contribution < -0.4 is 4.74 Å². The molecule has 0 aliphatic rings. The minimum Gasteiger partial charge on any atom is -0.491 e. The van der Waals surface area contributed by atoms with Gasteiger partial charge < -0.3 is 14.2 Å². The number of ether oxygens (including phenoxy) is 3. The minimum absolute atomic E-state index is 0.00185. The summed E-state index contributed by atoms with van der Waals surface area (Å²) in [6, 6.07) is 5.18. The zero-order valence-corrected chi connectivity index (χ0v) is 16.8. The van der Waals surface area contributed by atoms with Gasteiger partial charge in [-0.2, -0.15) is 0 Å². The van der Waals surface area contributed by atoms with Gasteiger partial charge in [-0.3, -0.25) is 0 Å². The first-order chi connectivity index (χ1) is 13.2. The van der Waals surface area contributed by atoms with Crippen molar-refractivity contribution in [2.45, 2.75) is 33.8 Å². The van der Waals surface area contributed by atoms with Crippen LogP contribution in [-0.2, 0) is 14.3 Å². The molecule has 0 N–H and O–H groups in total. The largest absolute Gasteiger partial charge is 0.516 e. The summed E-state index contributed by atoms with van der Waals surface area (Å²) < 4.78 is 16.2. The van der Waals surface area contributed by atoms with Gasteiger partial charge in [0.15, 0.2) is 5.82 Å². The fourth-order valence-corrected chi connectivity index (χ4v) is 2.25. The average Bonchev–Trinajstić information content (AvgIpc) is 3.06. The number of carbonyl (C=O) groups excluding carboxylic acids is 2. The molecule has 0 aliphatic heterocycles. The van der Waals surface area contributed by atoms with Crippen LogP contribution in [0.4, 0.5) is 4.79 Å². The average molecular weight is 408 g/mol. The smallest absolute Gasteiger partial charge is 0.491 e. The van der Waals surface area contributed by atoms with E-state index in [1.165, 1.54) is 17.2 Å². The fourth-order valence-electron chi connectivity index (χ4n) is 2.03. The fraction of sp³-hybridized carbons (Fsp3) is 0.368. The first-order valence-electron chi connectivity index (χ1n) is 8.68. The third kappa shape index (κ3) is 7.03. The number of hydrogen-bond acceptors (Lipinski definition) is 7. The molecular formula is C19H22ClN3O5. The van der Waals surface area contributed by atoms with Crippen molar-refractivity contribution in [3.05, 3.63) is 35.6 Å². The van der Waals surface area contributed by atoms with Crippen molar-refractivity contribution in [3.63, 3.8) is 0 Å². The zero-order valence-electron chi connectivity index (χ0n) is 16.1. The molecule has 0 bridgehead atoms. The lowest BCUT2D eigenvalue weighted by atomic mass is 10.2. The summed E-state index contributed by atoms with van der Waals surface area (Å²) in [5.41, 5.74) is 0.662. The van der Waals surface area contributed by atoms with Crippen LogP contribution in [0.5, 0.6) is 5.75 Å². The molecule has 28 heavy (non-hydrogen) atoms. The molecule has 1 aromatic heterocycles.